The van der Waals surface area contributed by atoms with Gasteiger partial charge in [-0.3, -0.25) is 4.79 Å². The number of hydrogen-bond acceptors (Lipinski definition) is 3. The fourth-order valence-electron chi connectivity index (χ4n) is 2.67. The summed E-state index contributed by atoms with van der Waals surface area (Å²) in [5, 5.41) is 0. The summed E-state index contributed by atoms with van der Waals surface area (Å²) < 4.78 is 5.36. The van der Waals surface area contributed by atoms with Gasteiger partial charge in [0.2, 0.25) is 5.91 Å². The highest BCUT2D eigenvalue weighted by Crippen LogP contribution is 2.33. The highest BCUT2D eigenvalue weighted by molar-refractivity contribution is 5.81. The number of nitrogens with two attached hydrogens (primary N) is 1. The number of benzene rings is 1. The Kier molecular flexibility index (Phi) is 3.69. The number of hydrogen-bond donors (Lipinski definition) is 1. The molecule has 1 saturated heterocycles. The lowest BCUT2D eigenvalue weighted by Crippen LogP contribution is -2.48. The maximum absolute atomic E-state index is 11.6. The zero-order valence-electron chi connectivity index (χ0n) is 11.9. The molecule has 1 heterocycles. The monoisotopic (exact) mass is 262 g/mol. The molecule has 1 fully saturated rings. The van der Waals surface area contributed by atoms with E-state index in [9.17, 15) is 4.79 Å². The number of methoxy groups -OCH3 is 1. The molecule has 2 rings (SSSR count). The number of aryl methyl sites for hydroxylation is 1. The molecule has 1 aromatic rings. The average molecular weight is 262 g/mol. The van der Waals surface area contributed by atoms with Crippen LogP contribution >= 0.6 is 0 Å². The smallest absolute Gasteiger partial charge is 0.225 e. The van der Waals surface area contributed by atoms with Crippen molar-refractivity contribution in [3.05, 3.63) is 23.8 Å². The van der Waals surface area contributed by atoms with Crippen LogP contribution in [-0.4, -0.2) is 26.1 Å². The van der Waals surface area contributed by atoms with Gasteiger partial charge in [-0.15, -0.1) is 0 Å². The summed E-state index contributed by atoms with van der Waals surface area (Å²) in [6.45, 7) is 5.60. The van der Waals surface area contributed by atoms with Gasteiger partial charge < -0.3 is 15.4 Å². The first kappa shape index (κ1) is 13.7. The predicted molar refractivity (Wildman–Crippen MR) is 76.5 cm³/mol. The van der Waals surface area contributed by atoms with Gasteiger partial charge >= 0.3 is 0 Å². The third kappa shape index (κ3) is 2.67. The Morgan fingerprint density at radius 1 is 1.47 bits per heavy atom. The van der Waals surface area contributed by atoms with E-state index < -0.39 is 5.41 Å². The van der Waals surface area contributed by atoms with Gasteiger partial charge in [-0.05, 0) is 38.3 Å². The van der Waals surface area contributed by atoms with Crippen molar-refractivity contribution in [2.24, 2.45) is 11.1 Å². The number of carbonyl (C=O) groups excluding carboxylic acids is 1. The molecule has 1 atom stereocenters. The maximum atomic E-state index is 11.6. The van der Waals surface area contributed by atoms with Crippen LogP contribution in [0.5, 0.6) is 5.75 Å². The molecular weight excluding hydrogens is 240 g/mol. The molecule has 0 radical (unpaired) electrons. The topological polar surface area (TPSA) is 55.6 Å². The average Bonchev–Trinajstić information content (AvgIpc) is 2.39. The fraction of sp³-hybridized carbons (Fsp3) is 0.533. The molecule has 4 nitrogen and oxygen atoms in total. The van der Waals surface area contributed by atoms with E-state index in [2.05, 4.69) is 11.0 Å². The van der Waals surface area contributed by atoms with Crippen LogP contribution in [0.3, 0.4) is 0 Å². The van der Waals surface area contributed by atoms with Crippen molar-refractivity contribution in [3.8, 4) is 5.75 Å². The van der Waals surface area contributed by atoms with Crippen molar-refractivity contribution in [1.82, 2.24) is 0 Å². The van der Waals surface area contributed by atoms with Gasteiger partial charge in [0.25, 0.3) is 0 Å². The van der Waals surface area contributed by atoms with Crippen molar-refractivity contribution >= 4 is 11.6 Å². The molecular formula is C15H22N2O2. The summed E-state index contributed by atoms with van der Waals surface area (Å²) in [6.07, 6.45) is 1.84. The number of piperidine rings is 1. The Balaban J connectivity index is 2.24. The molecule has 1 aliphatic heterocycles. The Hall–Kier alpha value is -1.71. The van der Waals surface area contributed by atoms with E-state index in [0.29, 0.717) is 6.54 Å². The summed E-state index contributed by atoms with van der Waals surface area (Å²) in [4.78, 5) is 13.8. The lowest BCUT2D eigenvalue weighted by molar-refractivity contribution is -0.127. The number of primary amides is 1. The molecule has 0 aliphatic carbocycles. The molecule has 104 valence electrons. The minimum absolute atomic E-state index is 0.212. The molecule has 0 spiro atoms. The van der Waals surface area contributed by atoms with Crippen LogP contribution in [0.1, 0.15) is 25.3 Å². The summed E-state index contributed by atoms with van der Waals surface area (Å²) in [6, 6.07) is 6.15. The number of rotatable bonds is 3. The van der Waals surface area contributed by atoms with Crippen LogP contribution in [0.2, 0.25) is 0 Å². The number of ether oxygens (including phenoxy) is 1. The molecule has 0 unspecified atom stereocenters. The normalized spacial score (nSPS) is 23.2. The summed E-state index contributed by atoms with van der Waals surface area (Å²) in [7, 11) is 1.68. The maximum Gasteiger partial charge on any atom is 0.225 e. The first-order valence-electron chi connectivity index (χ1n) is 6.66. The lowest BCUT2D eigenvalue weighted by Gasteiger charge is -2.39. The summed E-state index contributed by atoms with van der Waals surface area (Å²) >= 11 is 0. The fourth-order valence-corrected chi connectivity index (χ4v) is 2.67. The van der Waals surface area contributed by atoms with E-state index in [4.69, 9.17) is 10.5 Å². The van der Waals surface area contributed by atoms with Gasteiger partial charge in [0, 0.05) is 24.8 Å². The van der Waals surface area contributed by atoms with Crippen LogP contribution in [0.4, 0.5) is 5.69 Å². The molecule has 1 aliphatic rings. The van der Waals surface area contributed by atoms with Crippen LogP contribution in [0.25, 0.3) is 0 Å². The largest absolute Gasteiger partial charge is 0.496 e. The van der Waals surface area contributed by atoms with E-state index in [1.165, 1.54) is 0 Å². The summed E-state index contributed by atoms with van der Waals surface area (Å²) in [5.41, 5.74) is 7.30. The Morgan fingerprint density at radius 2 is 2.21 bits per heavy atom. The zero-order chi connectivity index (χ0) is 14.0. The zero-order valence-corrected chi connectivity index (χ0v) is 11.9. The van der Waals surface area contributed by atoms with Crippen molar-refractivity contribution < 1.29 is 9.53 Å². The molecule has 1 amide bonds. The predicted octanol–water partition coefficient (Wildman–Crippen LogP) is 2.10. The third-order valence-electron chi connectivity index (χ3n) is 4.05. The molecule has 2 N–H and O–H groups in total. The van der Waals surface area contributed by atoms with Crippen molar-refractivity contribution in [3.63, 3.8) is 0 Å². The highest BCUT2D eigenvalue weighted by atomic mass is 16.5. The van der Waals surface area contributed by atoms with E-state index in [-0.39, 0.29) is 5.91 Å². The summed E-state index contributed by atoms with van der Waals surface area (Å²) in [5.74, 6) is 0.667. The molecule has 1 aromatic carbocycles. The first-order valence-corrected chi connectivity index (χ1v) is 6.66. The van der Waals surface area contributed by atoms with Gasteiger partial charge in [0.05, 0.1) is 12.5 Å². The van der Waals surface area contributed by atoms with Crippen molar-refractivity contribution in [2.75, 3.05) is 25.1 Å². The van der Waals surface area contributed by atoms with Crippen molar-refractivity contribution in [2.45, 2.75) is 26.7 Å². The molecule has 19 heavy (non-hydrogen) atoms. The Bertz CT molecular complexity index is 487. The van der Waals surface area contributed by atoms with Gasteiger partial charge in [0.1, 0.15) is 5.75 Å². The number of nitrogens with zero attached hydrogens (tertiary/aromatic N) is 1. The molecule has 0 saturated carbocycles. The van der Waals surface area contributed by atoms with Gasteiger partial charge in [-0.2, -0.15) is 0 Å². The number of carbonyl (C=O) groups is 1. The second-order valence-corrected chi connectivity index (χ2v) is 5.60. The molecule has 0 bridgehead atoms. The Morgan fingerprint density at radius 3 is 2.84 bits per heavy atom. The number of amides is 1. The van der Waals surface area contributed by atoms with E-state index in [0.717, 1.165) is 36.4 Å². The van der Waals surface area contributed by atoms with Crippen molar-refractivity contribution in [1.29, 1.82) is 0 Å². The number of anilines is 1. The van der Waals surface area contributed by atoms with Crippen LogP contribution in [0, 0.1) is 12.3 Å². The molecule has 4 heteroatoms. The third-order valence-corrected chi connectivity index (χ3v) is 4.05. The highest BCUT2D eigenvalue weighted by Gasteiger charge is 2.36. The van der Waals surface area contributed by atoms with Gasteiger partial charge in [0.15, 0.2) is 0 Å². The SMILES string of the molecule is COc1cc(N2CCC[C@](C)(C(N)=O)C2)ccc1C. The second-order valence-electron chi connectivity index (χ2n) is 5.60. The quantitative estimate of drug-likeness (QED) is 0.907. The van der Waals surface area contributed by atoms with Gasteiger partial charge in [-0.1, -0.05) is 6.07 Å². The second kappa shape index (κ2) is 5.11. The van der Waals surface area contributed by atoms with Crippen LogP contribution in [0.15, 0.2) is 18.2 Å². The lowest BCUT2D eigenvalue weighted by atomic mass is 9.81. The minimum Gasteiger partial charge on any atom is -0.496 e. The van der Waals surface area contributed by atoms with Gasteiger partial charge in [-0.25, -0.2) is 0 Å². The molecule has 0 aromatic heterocycles. The Labute approximate surface area is 114 Å². The first-order chi connectivity index (χ1) is 8.96. The van der Waals surface area contributed by atoms with Crippen LogP contribution in [-0.2, 0) is 4.79 Å². The van der Waals surface area contributed by atoms with E-state index in [1.54, 1.807) is 7.11 Å². The standard InChI is InChI=1S/C15H22N2O2/c1-11-5-6-12(9-13(11)19-3)17-8-4-7-15(2,10-17)14(16)18/h5-6,9H,4,7-8,10H2,1-3H3,(H2,16,18)/t15-/m0/s1. The van der Waals surface area contributed by atoms with E-state index >= 15 is 0 Å². The van der Waals surface area contributed by atoms with Crippen LogP contribution < -0.4 is 15.4 Å². The minimum atomic E-state index is -0.434. The van der Waals surface area contributed by atoms with E-state index in [1.807, 2.05) is 26.0 Å².